The molecule has 1 aromatic heterocycles. The zero-order chi connectivity index (χ0) is 27.2. The average molecular weight is 520 g/mol. The van der Waals surface area contributed by atoms with Crippen molar-refractivity contribution in [3.8, 4) is 16.8 Å². The number of aliphatic hydroxyl groups is 1. The summed E-state index contributed by atoms with van der Waals surface area (Å²) in [5.41, 5.74) is 6.07. The van der Waals surface area contributed by atoms with Gasteiger partial charge in [0.15, 0.2) is 5.82 Å². The van der Waals surface area contributed by atoms with Crippen LogP contribution < -0.4 is 5.73 Å². The first-order valence-electron chi connectivity index (χ1n) is 12.2. The first kappa shape index (κ1) is 25.6. The summed E-state index contributed by atoms with van der Waals surface area (Å²) >= 11 is 0. The first-order valence-corrected chi connectivity index (χ1v) is 12.2. The number of ether oxygens (including phenoxy) is 1. The van der Waals surface area contributed by atoms with Gasteiger partial charge in [-0.05, 0) is 61.2 Å². The van der Waals surface area contributed by atoms with Crippen molar-refractivity contribution in [3.05, 3.63) is 83.1 Å². The number of nitrogens with zero attached hydrogens (tertiary/aromatic N) is 1. The highest BCUT2D eigenvalue weighted by molar-refractivity contribution is 6.05. The lowest BCUT2D eigenvalue weighted by Gasteiger charge is -2.40. The number of carboxylic acid groups (broad SMARTS) is 1. The Bertz CT molecular complexity index is 1560. The molecule has 1 heterocycles. The van der Waals surface area contributed by atoms with Gasteiger partial charge in [-0.3, -0.25) is 0 Å². The van der Waals surface area contributed by atoms with Crippen LogP contribution in [0.3, 0.4) is 0 Å². The van der Waals surface area contributed by atoms with E-state index in [-0.39, 0.29) is 33.4 Å². The van der Waals surface area contributed by atoms with Crippen LogP contribution in [0, 0.1) is 17.0 Å². The smallest absolute Gasteiger partial charge is 0.335 e. The lowest BCUT2D eigenvalue weighted by molar-refractivity contribution is -0.125. The maximum absolute atomic E-state index is 16.1. The standard InChI is InChI=1S/C29H27F2N3O4/c1-38-22-7-2-3-12-29(22,37)27-23(16-8-10-17(11-9-16)28(35)36)24-21(13-18(15-32)26(33)25(24)31)34(27)20-6-4-5-19(30)14-20/h4-6,8-11,13-15,22,32,37H,2-3,7,12,33H2,1H3,(H,35,36). The fraction of sp³-hybridized carbons (Fsp3) is 0.241. The first-order chi connectivity index (χ1) is 18.2. The molecule has 5 rings (SSSR count). The van der Waals surface area contributed by atoms with Crippen LogP contribution in [0.25, 0.3) is 27.7 Å². The molecular weight excluding hydrogens is 492 g/mol. The van der Waals surface area contributed by atoms with E-state index in [1.54, 1.807) is 22.8 Å². The summed E-state index contributed by atoms with van der Waals surface area (Å²) in [6.45, 7) is 0. The van der Waals surface area contributed by atoms with Gasteiger partial charge in [0.1, 0.15) is 11.4 Å². The quantitative estimate of drug-likeness (QED) is 0.194. The Hall–Kier alpha value is -4.08. The van der Waals surface area contributed by atoms with Crippen molar-refractivity contribution in [2.75, 3.05) is 12.8 Å². The van der Waals surface area contributed by atoms with E-state index in [0.717, 1.165) is 12.6 Å². The summed E-state index contributed by atoms with van der Waals surface area (Å²) in [4.78, 5) is 11.5. The van der Waals surface area contributed by atoms with Crippen molar-refractivity contribution in [1.29, 1.82) is 5.41 Å². The minimum Gasteiger partial charge on any atom is -0.478 e. The minimum atomic E-state index is -1.61. The molecule has 0 spiro atoms. The molecule has 0 amide bonds. The van der Waals surface area contributed by atoms with E-state index in [9.17, 15) is 19.4 Å². The molecule has 1 fully saturated rings. The Balaban J connectivity index is 2.00. The number of anilines is 1. The second-order valence-electron chi connectivity index (χ2n) is 9.55. The fourth-order valence-corrected chi connectivity index (χ4v) is 5.62. The zero-order valence-electron chi connectivity index (χ0n) is 20.7. The molecule has 0 saturated heterocycles. The van der Waals surface area contributed by atoms with Gasteiger partial charge < -0.3 is 30.7 Å². The summed E-state index contributed by atoms with van der Waals surface area (Å²) < 4.78 is 38.0. The van der Waals surface area contributed by atoms with E-state index in [2.05, 4.69) is 0 Å². The number of methoxy groups -OCH3 is 1. The third-order valence-electron chi connectivity index (χ3n) is 7.41. The molecule has 5 N–H and O–H groups in total. The number of hydrogen-bond donors (Lipinski definition) is 4. The Kier molecular flexibility index (Phi) is 6.50. The van der Waals surface area contributed by atoms with Crippen molar-refractivity contribution < 1.29 is 28.5 Å². The Morgan fingerprint density at radius 1 is 1.18 bits per heavy atom. The maximum atomic E-state index is 16.1. The highest BCUT2D eigenvalue weighted by Crippen LogP contribution is 2.49. The Morgan fingerprint density at radius 2 is 1.92 bits per heavy atom. The third-order valence-corrected chi connectivity index (χ3v) is 7.41. The Morgan fingerprint density at radius 3 is 2.55 bits per heavy atom. The van der Waals surface area contributed by atoms with Crippen molar-refractivity contribution in [2.24, 2.45) is 0 Å². The molecule has 1 saturated carbocycles. The van der Waals surface area contributed by atoms with Crippen molar-refractivity contribution in [2.45, 2.75) is 37.4 Å². The number of nitrogens with one attached hydrogen (secondary N) is 1. The van der Waals surface area contributed by atoms with Gasteiger partial charge in [0.05, 0.1) is 28.6 Å². The normalized spacial score (nSPS) is 19.5. The molecule has 0 aliphatic heterocycles. The molecule has 0 radical (unpaired) electrons. The highest BCUT2D eigenvalue weighted by Gasteiger charge is 2.46. The number of carboxylic acids is 1. The third kappa shape index (κ3) is 3.95. The van der Waals surface area contributed by atoms with E-state index < -0.39 is 29.3 Å². The molecule has 1 aliphatic carbocycles. The number of aromatic carboxylic acids is 1. The van der Waals surface area contributed by atoms with Gasteiger partial charge in [-0.15, -0.1) is 0 Å². The number of benzene rings is 3. The van der Waals surface area contributed by atoms with Gasteiger partial charge in [0.2, 0.25) is 0 Å². The lowest BCUT2D eigenvalue weighted by Crippen LogP contribution is -2.45. The number of nitrogen functional groups attached to an aromatic ring is 1. The predicted octanol–water partition coefficient (Wildman–Crippen LogP) is 5.63. The number of aromatic nitrogens is 1. The van der Waals surface area contributed by atoms with Gasteiger partial charge in [-0.25, -0.2) is 13.6 Å². The molecule has 38 heavy (non-hydrogen) atoms. The van der Waals surface area contributed by atoms with E-state index >= 15 is 4.39 Å². The van der Waals surface area contributed by atoms with Crippen LogP contribution in [-0.2, 0) is 10.3 Å². The summed E-state index contributed by atoms with van der Waals surface area (Å²) in [5.74, 6) is -2.43. The van der Waals surface area contributed by atoms with Crippen molar-refractivity contribution in [3.63, 3.8) is 0 Å². The number of halogens is 2. The van der Waals surface area contributed by atoms with Crippen LogP contribution in [0.4, 0.5) is 14.5 Å². The number of fused-ring (bicyclic) bond motifs is 1. The molecule has 1 aliphatic rings. The zero-order valence-corrected chi connectivity index (χ0v) is 20.7. The number of rotatable bonds is 6. The Labute approximate surface area is 217 Å². The lowest BCUT2D eigenvalue weighted by atomic mass is 9.77. The second kappa shape index (κ2) is 9.66. The molecule has 3 aromatic carbocycles. The van der Waals surface area contributed by atoms with E-state index in [4.69, 9.17) is 15.9 Å². The molecule has 2 atom stereocenters. The average Bonchev–Trinajstić information content (AvgIpc) is 3.27. The number of carbonyl (C=O) groups is 1. The summed E-state index contributed by atoms with van der Waals surface area (Å²) in [7, 11) is 1.50. The van der Waals surface area contributed by atoms with Gasteiger partial charge in [0.25, 0.3) is 0 Å². The van der Waals surface area contributed by atoms with Gasteiger partial charge in [-0.1, -0.05) is 24.6 Å². The molecule has 196 valence electrons. The molecule has 9 heteroatoms. The summed E-state index contributed by atoms with van der Waals surface area (Å²) in [6.07, 6.45) is 2.64. The van der Waals surface area contributed by atoms with Crippen molar-refractivity contribution >= 4 is 28.8 Å². The summed E-state index contributed by atoms with van der Waals surface area (Å²) in [5, 5.41) is 29.6. The van der Waals surface area contributed by atoms with Gasteiger partial charge >= 0.3 is 5.97 Å². The summed E-state index contributed by atoms with van der Waals surface area (Å²) in [6, 6.07) is 13.2. The SMILES string of the molecule is COC1CCCCC1(O)c1c(-c2ccc(C(=O)O)cc2)c2c(F)c(N)c(C=N)cc2n1-c1cccc(F)c1. The number of hydrogen-bond acceptors (Lipinski definition) is 5. The molecule has 2 unspecified atom stereocenters. The van der Waals surface area contributed by atoms with Crippen LogP contribution >= 0.6 is 0 Å². The van der Waals surface area contributed by atoms with Gasteiger partial charge in [-0.2, -0.15) is 0 Å². The van der Waals surface area contributed by atoms with E-state index in [1.165, 1.54) is 43.5 Å². The number of nitrogens with two attached hydrogens (primary N) is 1. The van der Waals surface area contributed by atoms with Crippen LogP contribution in [0.2, 0.25) is 0 Å². The fourth-order valence-electron chi connectivity index (χ4n) is 5.62. The highest BCUT2D eigenvalue weighted by atomic mass is 19.1. The maximum Gasteiger partial charge on any atom is 0.335 e. The molecule has 7 nitrogen and oxygen atoms in total. The van der Waals surface area contributed by atoms with Gasteiger partial charge in [0, 0.05) is 35.5 Å². The topological polar surface area (TPSA) is 122 Å². The van der Waals surface area contributed by atoms with Crippen LogP contribution in [-0.4, -0.2) is 40.2 Å². The predicted molar refractivity (Wildman–Crippen MR) is 141 cm³/mol. The van der Waals surface area contributed by atoms with E-state index in [0.29, 0.717) is 36.1 Å². The van der Waals surface area contributed by atoms with Crippen LogP contribution in [0.1, 0.15) is 47.3 Å². The van der Waals surface area contributed by atoms with Crippen LogP contribution in [0.5, 0.6) is 0 Å². The van der Waals surface area contributed by atoms with Crippen molar-refractivity contribution in [1.82, 2.24) is 4.57 Å². The van der Waals surface area contributed by atoms with Crippen LogP contribution in [0.15, 0.2) is 54.6 Å². The van der Waals surface area contributed by atoms with E-state index in [1.807, 2.05) is 0 Å². The molecule has 4 aromatic rings. The monoisotopic (exact) mass is 519 g/mol. The minimum absolute atomic E-state index is 0.0430. The molecule has 0 bridgehead atoms. The second-order valence-corrected chi connectivity index (χ2v) is 9.55. The largest absolute Gasteiger partial charge is 0.478 e. The molecular formula is C29H27F2N3O4.